The van der Waals surface area contributed by atoms with E-state index in [0.717, 1.165) is 4.90 Å². The van der Waals surface area contributed by atoms with Gasteiger partial charge < -0.3 is 10.0 Å². The molecule has 0 heterocycles. The van der Waals surface area contributed by atoms with Gasteiger partial charge in [-0.3, -0.25) is 14.9 Å². The fourth-order valence-corrected chi connectivity index (χ4v) is 1.38. The standard InChI is InChI=1S/C13H14N2O5/c1-9(13(17)18)14(2)12(16)7-6-10-4-3-5-11(8-10)15(19)20/h3-9H,1-2H3,(H,17,18). The highest BCUT2D eigenvalue weighted by Crippen LogP contribution is 2.14. The van der Waals surface area contributed by atoms with E-state index in [1.807, 2.05) is 0 Å². The van der Waals surface area contributed by atoms with E-state index in [1.165, 1.54) is 44.3 Å². The molecule has 1 aromatic rings. The van der Waals surface area contributed by atoms with Gasteiger partial charge in [-0.15, -0.1) is 0 Å². The third kappa shape index (κ3) is 3.91. The summed E-state index contributed by atoms with van der Waals surface area (Å²) in [5.41, 5.74) is 0.413. The lowest BCUT2D eigenvalue weighted by Crippen LogP contribution is -2.39. The van der Waals surface area contributed by atoms with E-state index in [2.05, 4.69) is 0 Å². The molecule has 1 unspecified atom stereocenters. The van der Waals surface area contributed by atoms with Crippen LogP contribution in [0, 0.1) is 10.1 Å². The summed E-state index contributed by atoms with van der Waals surface area (Å²) in [5, 5.41) is 19.4. The van der Waals surface area contributed by atoms with Crippen LogP contribution in [-0.2, 0) is 9.59 Å². The number of rotatable bonds is 5. The number of carboxylic acid groups (broad SMARTS) is 1. The first-order chi connectivity index (χ1) is 9.32. The molecule has 1 N–H and O–H groups in total. The first-order valence-electron chi connectivity index (χ1n) is 5.75. The number of nitro benzene ring substituents is 1. The first-order valence-corrected chi connectivity index (χ1v) is 5.75. The number of carbonyl (C=O) groups is 2. The van der Waals surface area contributed by atoms with E-state index in [0.29, 0.717) is 5.56 Å². The molecule has 0 fully saturated rings. The average Bonchev–Trinajstić information content (AvgIpc) is 2.43. The van der Waals surface area contributed by atoms with Gasteiger partial charge >= 0.3 is 5.97 Å². The fourth-order valence-electron chi connectivity index (χ4n) is 1.38. The molecule has 1 amide bonds. The van der Waals surface area contributed by atoms with Gasteiger partial charge in [-0.05, 0) is 18.6 Å². The van der Waals surface area contributed by atoms with Crippen molar-refractivity contribution < 1.29 is 19.6 Å². The molecule has 1 rings (SSSR count). The molecule has 0 aliphatic heterocycles. The van der Waals surface area contributed by atoms with Crippen molar-refractivity contribution in [3.05, 3.63) is 46.0 Å². The maximum Gasteiger partial charge on any atom is 0.326 e. The SMILES string of the molecule is CC(C(=O)O)N(C)C(=O)C=Cc1cccc([N+](=O)[O-])c1. The van der Waals surface area contributed by atoms with Crippen LogP contribution in [0.25, 0.3) is 6.08 Å². The van der Waals surface area contributed by atoms with Crippen molar-refractivity contribution in [1.29, 1.82) is 0 Å². The number of amides is 1. The molecular formula is C13H14N2O5. The molecule has 0 radical (unpaired) electrons. The predicted molar refractivity (Wildman–Crippen MR) is 72.0 cm³/mol. The summed E-state index contributed by atoms with van der Waals surface area (Å²) in [5.74, 6) is -1.60. The molecular weight excluding hydrogens is 264 g/mol. The number of non-ortho nitro benzene ring substituents is 1. The van der Waals surface area contributed by atoms with Gasteiger partial charge in [-0.1, -0.05) is 12.1 Å². The normalized spacial score (nSPS) is 12.1. The van der Waals surface area contributed by atoms with Gasteiger partial charge in [0, 0.05) is 25.3 Å². The second-order valence-electron chi connectivity index (χ2n) is 4.15. The van der Waals surface area contributed by atoms with Crippen molar-refractivity contribution >= 4 is 23.6 Å². The van der Waals surface area contributed by atoms with Crippen molar-refractivity contribution in [3.8, 4) is 0 Å². The number of aliphatic carboxylic acids is 1. The Labute approximate surface area is 115 Å². The number of benzene rings is 1. The Morgan fingerprint density at radius 2 is 2.10 bits per heavy atom. The highest BCUT2D eigenvalue weighted by molar-refractivity contribution is 5.94. The zero-order valence-electron chi connectivity index (χ0n) is 11.0. The monoisotopic (exact) mass is 278 g/mol. The Hall–Kier alpha value is -2.70. The van der Waals surface area contributed by atoms with E-state index in [4.69, 9.17) is 5.11 Å². The van der Waals surface area contributed by atoms with Crippen molar-refractivity contribution in [1.82, 2.24) is 4.90 Å². The van der Waals surface area contributed by atoms with E-state index in [-0.39, 0.29) is 5.69 Å². The van der Waals surface area contributed by atoms with E-state index in [1.54, 1.807) is 6.07 Å². The van der Waals surface area contributed by atoms with Crippen LogP contribution in [0.1, 0.15) is 12.5 Å². The second-order valence-corrected chi connectivity index (χ2v) is 4.15. The molecule has 0 saturated heterocycles. The number of hydrogen-bond acceptors (Lipinski definition) is 4. The summed E-state index contributed by atoms with van der Waals surface area (Å²) in [6.07, 6.45) is 2.58. The lowest BCUT2D eigenvalue weighted by molar-refractivity contribution is -0.384. The van der Waals surface area contributed by atoms with Crippen LogP contribution in [0.15, 0.2) is 30.3 Å². The molecule has 0 spiro atoms. The minimum absolute atomic E-state index is 0.0770. The topological polar surface area (TPSA) is 101 Å². The first kappa shape index (κ1) is 15.4. The average molecular weight is 278 g/mol. The summed E-state index contributed by atoms with van der Waals surface area (Å²) >= 11 is 0. The lowest BCUT2D eigenvalue weighted by atomic mass is 10.2. The van der Waals surface area contributed by atoms with Gasteiger partial charge in [-0.25, -0.2) is 4.79 Å². The number of likely N-dealkylation sites (N-methyl/N-ethyl adjacent to an activating group) is 1. The zero-order valence-corrected chi connectivity index (χ0v) is 11.0. The molecule has 7 nitrogen and oxygen atoms in total. The molecule has 0 aliphatic carbocycles. The van der Waals surface area contributed by atoms with Gasteiger partial charge in [-0.2, -0.15) is 0 Å². The molecule has 106 valence electrons. The van der Waals surface area contributed by atoms with Gasteiger partial charge in [0.1, 0.15) is 6.04 Å². The number of hydrogen-bond donors (Lipinski definition) is 1. The van der Waals surface area contributed by atoms with E-state index < -0.39 is 22.8 Å². The lowest BCUT2D eigenvalue weighted by Gasteiger charge is -2.19. The Balaban J connectivity index is 2.82. The third-order valence-corrected chi connectivity index (χ3v) is 2.79. The van der Waals surface area contributed by atoms with Crippen molar-refractivity contribution in [3.63, 3.8) is 0 Å². The molecule has 0 bridgehead atoms. The minimum atomic E-state index is -1.11. The maximum atomic E-state index is 11.7. The summed E-state index contributed by atoms with van der Waals surface area (Å²) in [6, 6.07) is 4.84. The maximum absolute atomic E-state index is 11.7. The van der Waals surface area contributed by atoms with Gasteiger partial charge in [0.25, 0.3) is 5.69 Å². The quantitative estimate of drug-likeness (QED) is 0.500. The molecule has 1 aromatic carbocycles. The Kier molecular flexibility index (Phi) is 4.96. The Morgan fingerprint density at radius 3 is 2.65 bits per heavy atom. The van der Waals surface area contributed by atoms with Crippen LogP contribution >= 0.6 is 0 Å². The van der Waals surface area contributed by atoms with Crippen molar-refractivity contribution in [2.75, 3.05) is 7.05 Å². The smallest absolute Gasteiger partial charge is 0.326 e. The number of carbonyl (C=O) groups excluding carboxylic acids is 1. The predicted octanol–water partition coefficient (Wildman–Crippen LogP) is 1.54. The number of nitro groups is 1. The highest BCUT2D eigenvalue weighted by Gasteiger charge is 2.19. The van der Waals surface area contributed by atoms with Gasteiger partial charge in [0.2, 0.25) is 5.91 Å². The van der Waals surface area contributed by atoms with Crippen molar-refractivity contribution in [2.45, 2.75) is 13.0 Å². The molecule has 0 saturated carbocycles. The van der Waals surface area contributed by atoms with Crippen LogP contribution in [-0.4, -0.2) is 39.9 Å². The van der Waals surface area contributed by atoms with Crippen LogP contribution in [0.5, 0.6) is 0 Å². The van der Waals surface area contributed by atoms with Crippen LogP contribution in [0.3, 0.4) is 0 Å². The number of nitrogens with zero attached hydrogens (tertiary/aromatic N) is 2. The molecule has 1 atom stereocenters. The third-order valence-electron chi connectivity index (χ3n) is 2.79. The summed E-state index contributed by atoms with van der Waals surface area (Å²) in [7, 11) is 1.37. The second kappa shape index (κ2) is 6.46. The van der Waals surface area contributed by atoms with Crippen molar-refractivity contribution in [2.24, 2.45) is 0 Å². The highest BCUT2D eigenvalue weighted by atomic mass is 16.6. The molecule has 0 aromatic heterocycles. The largest absolute Gasteiger partial charge is 0.480 e. The Morgan fingerprint density at radius 1 is 1.45 bits per heavy atom. The van der Waals surface area contributed by atoms with E-state index in [9.17, 15) is 19.7 Å². The van der Waals surface area contributed by atoms with Crippen LogP contribution < -0.4 is 0 Å². The molecule has 20 heavy (non-hydrogen) atoms. The molecule has 0 aliphatic rings. The zero-order chi connectivity index (χ0) is 15.3. The fraction of sp³-hybridized carbons (Fsp3) is 0.231. The van der Waals surface area contributed by atoms with Crippen LogP contribution in [0.4, 0.5) is 5.69 Å². The van der Waals surface area contributed by atoms with Gasteiger partial charge in [0.15, 0.2) is 0 Å². The summed E-state index contributed by atoms with van der Waals surface area (Å²) in [4.78, 5) is 33.6. The molecule has 7 heteroatoms. The summed E-state index contributed by atoms with van der Waals surface area (Å²) < 4.78 is 0. The van der Waals surface area contributed by atoms with Crippen LogP contribution in [0.2, 0.25) is 0 Å². The summed E-state index contributed by atoms with van der Waals surface area (Å²) in [6.45, 7) is 1.39. The Bertz CT molecular complexity index is 568. The van der Waals surface area contributed by atoms with E-state index >= 15 is 0 Å². The van der Waals surface area contributed by atoms with Gasteiger partial charge in [0.05, 0.1) is 4.92 Å². The minimum Gasteiger partial charge on any atom is -0.480 e. The number of carboxylic acids is 1.